The summed E-state index contributed by atoms with van der Waals surface area (Å²) in [6.45, 7) is 0. The number of nitrogens with one attached hydrogen (secondary N) is 1. The molecule has 0 bridgehead atoms. The normalized spacial score (nSPS) is 31.8. The van der Waals surface area contributed by atoms with E-state index in [0.717, 1.165) is 19.1 Å². The molecule has 72 valence electrons. The quantitative estimate of drug-likeness (QED) is 0.640. The van der Waals surface area contributed by atoms with Crippen LogP contribution in [0.15, 0.2) is 0 Å². The topological polar surface area (TPSA) is 66.4 Å². The van der Waals surface area contributed by atoms with E-state index in [-0.39, 0.29) is 12.1 Å². The first-order valence-electron chi connectivity index (χ1n) is 4.13. The van der Waals surface area contributed by atoms with Crippen LogP contribution in [-0.4, -0.2) is 31.9 Å². The van der Waals surface area contributed by atoms with Gasteiger partial charge in [0.1, 0.15) is 0 Å². The summed E-state index contributed by atoms with van der Waals surface area (Å²) in [6.07, 6.45) is 3.82. The fourth-order valence-corrected chi connectivity index (χ4v) is 2.34. The van der Waals surface area contributed by atoms with Gasteiger partial charge in [0.05, 0.1) is 12.4 Å². The molecule has 1 saturated carbocycles. The van der Waals surface area contributed by atoms with Gasteiger partial charge in [-0.2, -0.15) is 0 Å². The molecule has 1 aliphatic rings. The van der Waals surface area contributed by atoms with E-state index < -0.39 is 10.0 Å². The van der Waals surface area contributed by atoms with Crippen molar-refractivity contribution < 1.29 is 13.5 Å². The molecule has 0 aromatic carbocycles. The monoisotopic (exact) mass is 193 g/mol. The van der Waals surface area contributed by atoms with Gasteiger partial charge in [-0.3, -0.25) is 0 Å². The maximum absolute atomic E-state index is 10.8. The Labute approximate surface area is 73.0 Å². The minimum Gasteiger partial charge on any atom is -0.393 e. The zero-order chi connectivity index (χ0) is 9.19. The first-order chi connectivity index (χ1) is 5.47. The highest BCUT2D eigenvalue weighted by Crippen LogP contribution is 2.18. The molecule has 4 nitrogen and oxygen atoms in total. The minimum absolute atomic E-state index is 0.0309. The standard InChI is InChI=1S/C7H15NO3S/c1-12(10,11)8-6-2-4-7(9)5-3-6/h6-9H,2-5H2,1H3/t6-,7-. The first kappa shape index (κ1) is 9.95. The second kappa shape index (κ2) is 3.72. The van der Waals surface area contributed by atoms with Gasteiger partial charge in [0.25, 0.3) is 0 Å². The van der Waals surface area contributed by atoms with Gasteiger partial charge in [0.2, 0.25) is 10.0 Å². The summed E-state index contributed by atoms with van der Waals surface area (Å²) < 4.78 is 24.2. The van der Waals surface area contributed by atoms with E-state index in [1.165, 1.54) is 0 Å². The lowest BCUT2D eigenvalue weighted by Crippen LogP contribution is -2.37. The Morgan fingerprint density at radius 1 is 1.25 bits per heavy atom. The largest absolute Gasteiger partial charge is 0.393 e. The molecule has 1 fully saturated rings. The molecule has 0 atom stereocenters. The number of sulfonamides is 1. The Morgan fingerprint density at radius 3 is 2.17 bits per heavy atom. The van der Waals surface area contributed by atoms with Crippen molar-refractivity contribution in [1.29, 1.82) is 0 Å². The SMILES string of the molecule is CS(=O)(=O)N[C@H]1CC[C@H](O)CC1. The fraction of sp³-hybridized carbons (Fsp3) is 1.00. The highest BCUT2D eigenvalue weighted by Gasteiger charge is 2.21. The van der Waals surface area contributed by atoms with Gasteiger partial charge >= 0.3 is 0 Å². The Morgan fingerprint density at radius 2 is 1.75 bits per heavy atom. The lowest BCUT2D eigenvalue weighted by molar-refractivity contribution is 0.120. The van der Waals surface area contributed by atoms with Gasteiger partial charge in [-0.15, -0.1) is 0 Å². The van der Waals surface area contributed by atoms with Gasteiger partial charge in [-0.05, 0) is 25.7 Å². The van der Waals surface area contributed by atoms with Crippen LogP contribution in [-0.2, 0) is 10.0 Å². The van der Waals surface area contributed by atoms with Crippen molar-refractivity contribution in [3.63, 3.8) is 0 Å². The van der Waals surface area contributed by atoms with E-state index in [9.17, 15) is 8.42 Å². The second-order valence-corrected chi connectivity index (χ2v) is 5.18. The molecule has 0 aliphatic heterocycles. The zero-order valence-corrected chi connectivity index (χ0v) is 7.97. The Hall–Kier alpha value is -0.130. The summed E-state index contributed by atoms with van der Waals surface area (Å²) in [7, 11) is -3.07. The lowest BCUT2D eigenvalue weighted by Gasteiger charge is -2.25. The van der Waals surface area contributed by atoms with E-state index in [0.29, 0.717) is 12.8 Å². The molecule has 0 aromatic heterocycles. The predicted octanol–water partition coefficient (Wildman–Crippen LogP) is -0.161. The highest BCUT2D eigenvalue weighted by atomic mass is 32.2. The minimum atomic E-state index is -3.07. The Kier molecular flexibility index (Phi) is 3.09. The molecule has 0 unspecified atom stereocenters. The van der Waals surface area contributed by atoms with E-state index in [2.05, 4.69) is 4.72 Å². The Bertz CT molecular complexity index is 229. The van der Waals surface area contributed by atoms with Crippen LogP contribution in [0.4, 0.5) is 0 Å². The summed E-state index contributed by atoms with van der Waals surface area (Å²) in [5.74, 6) is 0. The fourth-order valence-electron chi connectivity index (χ4n) is 1.50. The third-order valence-electron chi connectivity index (χ3n) is 2.08. The molecule has 1 aliphatic carbocycles. The summed E-state index contributed by atoms with van der Waals surface area (Å²) in [6, 6.07) is 0.0309. The first-order valence-corrected chi connectivity index (χ1v) is 6.02. The van der Waals surface area contributed by atoms with Crippen LogP contribution >= 0.6 is 0 Å². The maximum atomic E-state index is 10.8. The van der Waals surface area contributed by atoms with Crippen LogP contribution in [0.25, 0.3) is 0 Å². The van der Waals surface area contributed by atoms with Gasteiger partial charge in [0, 0.05) is 6.04 Å². The summed E-state index contributed by atoms with van der Waals surface area (Å²) in [5, 5.41) is 9.15. The van der Waals surface area contributed by atoms with Crippen LogP contribution < -0.4 is 4.72 Å². The number of aliphatic hydroxyl groups is 1. The maximum Gasteiger partial charge on any atom is 0.208 e. The Balaban J connectivity index is 2.36. The van der Waals surface area contributed by atoms with Crippen molar-refractivity contribution in [1.82, 2.24) is 4.72 Å². The number of rotatable bonds is 2. The van der Waals surface area contributed by atoms with Crippen molar-refractivity contribution in [3.05, 3.63) is 0 Å². The number of aliphatic hydroxyl groups excluding tert-OH is 1. The van der Waals surface area contributed by atoms with E-state index in [1.807, 2.05) is 0 Å². The molecular formula is C7H15NO3S. The van der Waals surface area contributed by atoms with Crippen molar-refractivity contribution in [2.45, 2.75) is 37.8 Å². The molecule has 0 saturated heterocycles. The summed E-state index contributed by atoms with van der Waals surface area (Å²) in [4.78, 5) is 0. The molecule has 0 amide bonds. The summed E-state index contributed by atoms with van der Waals surface area (Å²) >= 11 is 0. The molecule has 2 N–H and O–H groups in total. The second-order valence-electron chi connectivity index (χ2n) is 3.40. The molecule has 0 radical (unpaired) electrons. The average Bonchev–Trinajstić information content (AvgIpc) is 1.91. The van der Waals surface area contributed by atoms with Gasteiger partial charge < -0.3 is 5.11 Å². The third-order valence-corrected chi connectivity index (χ3v) is 2.84. The van der Waals surface area contributed by atoms with Crippen molar-refractivity contribution in [3.8, 4) is 0 Å². The molecule has 0 spiro atoms. The molecule has 0 heterocycles. The van der Waals surface area contributed by atoms with Crippen LogP contribution in [0.1, 0.15) is 25.7 Å². The smallest absolute Gasteiger partial charge is 0.208 e. The third kappa shape index (κ3) is 3.51. The zero-order valence-electron chi connectivity index (χ0n) is 7.16. The molecule has 5 heteroatoms. The molecular weight excluding hydrogens is 178 g/mol. The lowest BCUT2D eigenvalue weighted by atomic mass is 9.94. The van der Waals surface area contributed by atoms with Crippen LogP contribution in [0.5, 0.6) is 0 Å². The van der Waals surface area contributed by atoms with Crippen molar-refractivity contribution in [2.75, 3.05) is 6.26 Å². The van der Waals surface area contributed by atoms with Crippen molar-refractivity contribution >= 4 is 10.0 Å². The van der Waals surface area contributed by atoms with Crippen LogP contribution in [0, 0.1) is 0 Å². The van der Waals surface area contributed by atoms with E-state index in [1.54, 1.807) is 0 Å². The van der Waals surface area contributed by atoms with Crippen LogP contribution in [0.3, 0.4) is 0 Å². The molecule has 0 aromatic rings. The number of hydrogen-bond donors (Lipinski definition) is 2. The van der Waals surface area contributed by atoms with Gasteiger partial charge in [0.15, 0.2) is 0 Å². The van der Waals surface area contributed by atoms with E-state index in [4.69, 9.17) is 5.11 Å². The highest BCUT2D eigenvalue weighted by molar-refractivity contribution is 7.88. The number of hydrogen-bond acceptors (Lipinski definition) is 3. The van der Waals surface area contributed by atoms with Crippen molar-refractivity contribution in [2.24, 2.45) is 0 Å². The van der Waals surface area contributed by atoms with Gasteiger partial charge in [-0.25, -0.2) is 13.1 Å². The molecule has 12 heavy (non-hydrogen) atoms. The molecule has 1 rings (SSSR count). The van der Waals surface area contributed by atoms with Gasteiger partial charge in [-0.1, -0.05) is 0 Å². The average molecular weight is 193 g/mol. The predicted molar refractivity (Wildman–Crippen MR) is 46.2 cm³/mol. The van der Waals surface area contributed by atoms with Crippen LogP contribution in [0.2, 0.25) is 0 Å². The van der Waals surface area contributed by atoms with E-state index >= 15 is 0 Å². The summed E-state index contributed by atoms with van der Waals surface area (Å²) in [5.41, 5.74) is 0.